The number of alkyl halides is 1. The van der Waals surface area contributed by atoms with E-state index in [1.807, 2.05) is 0 Å². The summed E-state index contributed by atoms with van der Waals surface area (Å²) in [5, 5.41) is 9.35. The number of sulfonamides is 1. The second kappa shape index (κ2) is 6.05. The zero-order valence-corrected chi connectivity index (χ0v) is 12.8. The summed E-state index contributed by atoms with van der Waals surface area (Å²) >= 11 is 5.52. The number of rotatable bonds is 6. The van der Waals surface area contributed by atoms with Crippen LogP contribution >= 0.6 is 11.6 Å². The molecular weight excluding hydrogens is 318 g/mol. The topological polar surface area (TPSA) is 96.6 Å². The fraction of sp³-hybridized carbons (Fsp3) is 0.308. The van der Waals surface area contributed by atoms with Gasteiger partial charge in [0, 0.05) is 23.4 Å². The van der Waals surface area contributed by atoms with Gasteiger partial charge in [0.2, 0.25) is 15.8 Å². The van der Waals surface area contributed by atoms with Crippen molar-refractivity contribution in [3.8, 4) is 0 Å². The molecule has 21 heavy (non-hydrogen) atoms. The highest BCUT2D eigenvalue weighted by Crippen LogP contribution is 2.30. The van der Waals surface area contributed by atoms with Gasteiger partial charge in [0.05, 0.1) is 4.90 Å². The van der Waals surface area contributed by atoms with Gasteiger partial charge in [-0.15, -0.1) is 11.6 Å². The molecule has 0 aliphatic heterocycles. The molecule has 2 aromatic rings. The van der Waals surface area contributed by atoms with Gasteiger partial charge in [-0.2, -0.15) is 0 Å². The molecule has 2 rings (SSSR count). The Hall–Kier alpha value is -1.57. The maximum atomic E-state index is 12.3. The third-order valence-electron chi connectivity index (χ3n) is 3.00. The molecule has 0 unspecified atom stereocenters. The first-order valence-electron chi connectivity index (χ1n) is 6.19. The van der Waals surface area contributed by atoms with Gasteiger partial charge in [0.1, 0.15) is 5.58 Å². The zero-order chi connectivity index (χ0) is 15.6. The van der Waals surface area contributed by atoms with Crippen LogP contribution in [0.2, 0.25) is 0 Å². The Bertz CT molecular complexity index is 781. The number of carboxylic acids is 1. The van der Waals surface area contributed by atoms with Gasteiger partial charge < -0.3 is 9.52 Å². The van der Waals surface area contributed by atoms with E-state index in [2.05, 4.69) is 4.72 Å². The smallest absolute Gasteiger partial charge is 0.372 e. The summed E-state index contributed by atoms with van der Waals surface area (Å²) in [6, 6.07) is 4.46. The first kappa shape index (κ1) is 15.8. The zero-order valence-electron chi connectivity index (χ0n) is 11.2. The van der Waals surface area contributed by atoms with Gasteiger partial charge in [0.25, 0.3) is 0 Å². The lowest BCUT2D eigenvalue weighted by Crippen LogP contribution is -2.25. The van der Waals surface area contributed by atoms with Crippen LogP contribution in [0.1, 0.15) is 22.5 Å². The molecule has 0 fully saturated rings. The van der Waals surface area contributed by atoms with E-state index in [0.29, 0.717) is 12.3 Å². The van der Waals surface area contributed by atoms with E-state index < -0.39 is 16.0 Å². The van der Waals surface area contributed by atoms with Crippen LogP contribution in [0.4, 0.5) is 0 Å². The van der Waals surface area contributed by atoms with Gasteiger partial charge in [-0.25, -0.2) is 17.9 Å². The highest BCUT2D eigenvalue weighted by molar-refractivity contribution is 7.89. The molecule has 2 N–H and O–H groups in total. The van der Waals surface area contributed by atoms with E-state index in [1.54, 1.807) is 0 Å². The first-order valence-corrected chi connectivity index (χ1v) is 8.21. The molecule has 0 aliphatic rings. The Balaban J connectivity index is 2.57. The third kappa shape index (κ3) is 3.04. The minimum atomic E-state index is -3.76. The Labute approximate surface area is 126 Å². The molecule has 0 spiro atoms. The van der Waals surface area contributed by atoms with Crippen LogP contribution in [0, 0.1) is 6.92 Å². The molecule has 0 saturated carbocycles. The van der Waals surface area contributed by atoms with E-state index in [9.17, 15) is 13.2 Å². The Morgan fingerprint density at radius 1 is 1.43 bits per heavy atom. The van der Waals surface area contributed by atoms with Gasteiger partial charge in [0.15, 0.2) is 0 Å². The average Bonchev–Trinajstić information content (AvgIpc) is 2.76. The average molecular weight is 332 g/mol. The third-order valence-corrected chi connectivity index (χ3v) is 4.77. The number of hydrogen-bond donors (Lipinski definition) is 2. The van der Waals surface area contributed by atoms with Crippen LogP contribution in [-0.2, 0) is 10.0 Å². The number of carbonyl (C=O) groups is 1. The summed E-state index contributed by atoms with van der Waals surface area (Å²) in [5.74, 6) is -1.14. The van der Waals surface area contributed by atoms with Crippen LogP contribution in [-0.4, -0.2) is 31.9 Å². The van der Waals surface area contributed by atoms with Crippen molar-refractivity contribution < 1.29 is 22.7 Å². The minimum absolute atomic E-state index is 0.00308. The van der Waals surface area contributed by atoms with Crippen molar-refractivity contribution in [2.75, 3.05) is 12.4 Å². The second-order valence-electron chi connectivity index (χ2n) is 4.43. The normalized spacial score (nSPS) is 11.9. The maximum absolute atomic E-state index is 12.3. The van der Waals surface area contributed by atoms with Crippen molar-refractivity contribution in [1.82, 2.24) is 4.72 Å². The maximum Gasteiger partial charge on any atom is 0.372 e. The quantitative estimate of drug-likeness (QED) is 0.625. The highest BCUT2D eigenvalue weighted by atomic mass is 35.5. The van der Waals surface area contributed by atoms with Crippen molar-refractivity contribution >= 4 is 38.6 Å². The molecule has 6 nitrogen and oxygen atoms in total. The lowest BCUT2D eigenvalue weighted by atomic mass is 10.1. The lowest BCUT2D eigenvalue weighted by Gasteiger charge is -2.07. The SMILES string of the molecule is Cc1c(C(=O)O)oc2cccc(S(=O)(=O)NCCCCl)c12. The monoisotopic (exact) mass is 331 g/mol. The molecule has 114 valence electrons. The van der Waals surface area contributed by atoms with Gasteiger partial charge >= 0.3 is 5.97 Å². The summed E-state index contributed by atoms with van der Waals surface area (Å²) < 4.78 is 32.3. The van der Waals surface area contributed by atoms with Crippen LogP contribution in [0.15, 0.2) is 27.5 Å². The summed E-state index contributed by atoms with van der Waals surface area (Å²) in [5.41, 5.74) is 0.515. The summed E-state index contributed by atoms with van der Waals surface area (Å²) in [4.78, 5) is 11.1. The largest absolute Gasteiger partial charge is 0.475 e. The van der Waals surface area contributed by atoms with Crippen molar-refractivity contribution in [1.29, 1.82) is 0 Å². The number of aryl methyl sites for hydroxylation is 1. The first-order chi connectivity index (χ1) is 9.88. The van der Waals surface area contributed by atoms with Crippen LogP contribution in [0.25, 0.3) is 11.0 Å². The number of aromatic carboxylic acids is 1. The Morgan fingerprint density at radius 3 is 2.76 bits per heavy atom. The molecule has 8 heteroatoms. The fourth-order valence-electron chi connectivity index (χ4n) is 2.04. The molecule has 1 aromatic carbocycles. The molecule has 0 atom stereocenters. The van der Waals surface area contributed by atoms with Crippen LogP contribution < -0.4 is 4.72 Å². The molecule has 0 radical (unpaired) electrons. The van der Waals surface area contributed by atoms with Gasteiger partial charge in [-0.3, -0.25) is 0 Å². The molecule has 0 amide bonds. The highest BCUT2D eigenvalue weighted by Gasteiger charge is 2.24. The molecule has 1 aromatic heterocycles. The Morgan fingerprint density at radius 2 is 2.14 bits per heavy atom. The standard InChI is InChI=1S/C13H14ClNO5S/c1-8-11-9(20-12(8)13(16)17)4-2-5-10(11)21(18,19)15-7-3-6-14/h2,4-5,15H,3,6-7H2,1H3,(H,16,17). The minimum Gasteiger partial charge on any atom is -0.475 e. The summed E-state index contributed by atoms with van der Waals surface area (Å²) in [6.07, 6.45) is 0.501. The Kier molecular flexibility index (Phi) is 4.55. The second-order valence-corrected chi connectivity index (χ2v) is 6.54. The number of halogens is 1. The number of fused-ring (bicyclic) bond motifs is 1. The molecule has 1 heterocycles. The molecule has 0 bridgehead atoms. The van der Waals surface area contributed by atoms with E-state index in [0.717, 1.165) is 0 Å². The van der Waals surface area contributed by atoms with Crippen molar-refractivity contribution in [3.05, 3.63) is 29.5 Å². The molecular formula is C13H14ClNO5S. The van der Waals surface area contributed by atoms with E-state index in [1.165, 1.54) is 25.1 Å². The number of carboxylic acid groups (broad SMARTS) is 1. The predicted molar refractivity (Wildman–Crippen MR) is 78.4 cm³/mol. The molecule has 0 saturated heterocycles. The van der Waals surface area contributed by atoms with Crippen molar-refractivity contribution in [2.24, 2.45) is 0 Å². The van der Waals surface area contributed by atoms with Crippen molar-refractivity contribution in [2.45, 2.75) is 18.2 Å². The van der Waals surface area contributed by atoms with E-state index in [-0.39, 0.29) is 33.7 Å². The van der Waals surface area contributed by atoms with E-state index in [4.69, 9.17) is 21.1 Å². The van der Waals surface area contributed by atoms with Gasteiger partial charge in [-0.05, 0) is 25.5 Å². The summed E-state index contributed by atoms with van der Waals surface area (Å²) in [6.45, 7) is 1.73. The van der Waals surface area contributed by atoms with E-state index >= 15 is 0 Å². The number of benzene rings is 1. The predicted octanol–water partition coefficient (Wildman–Crippen LogP) is 2.35. The lowest BCUT2D eigenvalue weighted by molar-refractivity contribution is 0.0664. The van der Waals surface area contributed by atoms with Crippen LogP contribution in [0.3, 0.4) is 0 Å². The number of hydrogen-bond acceptors (Lipinski definition) is 4. The molecule has 0 aliphatic carbocycles. The number of furan rings is 1. The fourth-order valence-corrected chi connectivity index (χ4v) is 3.53. The van der Waals surface area contributed by atoms with Crippen molar-refractivity contribution in [3.63, 3.8) is 0 Å². The van der Waals surface area contributed by atoms with Gasteiger partial charge in [-0.1, -0.05) is 6.07 Å². The summed E-state index contributed by atoms with van der Waals surface area (Å²) in [7, 11) is -3.76. The van der Waals surface area contributed by atoms with Crippen LogP contribution in [0.5, 0.6) is 0 Å². The number of nitrogens with one attached hydrogen (secondary N) is 1.